The van der Waals surface area contributed by atoms with Gasteiger partial charge in [0, 0.05) is 24.4 Å². The summed E-state index contributed by atoms with van der Waals surface area (Å²) in [5.41, 5.74) is -0.387. The first-order chi connectivity index (χ1) is 25.3. The number of nitrogens with zero attached hydrogens (tertiary/aromatic N) is 2. The molecule has 4 fully saturated rings. The molecular formula is C41H53N3O8S. The van der Waals surface area contributed by atoms with Crippen molar-refractivity contribution in [3.8, 4) is 5.88 Å². The molecule has 3 aliphatic carbocycles. The number of amides is 2. The van der Waals surface area contributed by atoms with Gasteiger partial charge in [0.15, 0.2) is 5.78 Å². The van der Waals surface area contributed by atoms with Crippen LogP contribution in [0, 0.1) is 28.6 Å². The largest absolute Gasteiger partial charge is 0.472 e. The van der Waals surface area contributed by atoms with Gasteiger partial charge in [-0.1, -0.05) is 51.3 Å². The highest BCUT2D eigenvalue weighted by atomic mass is 32.2. The molecular weight excluding hydrogens is 695 g/mol. The maximum absolute atomic E-state index is 14.8. The highest BCUT2D eigenvalue weighted by molar-refractivity contribution is 7.90. The Morgan fingerprint density at radius 3 is 2.57 bits per heavy atom. The van der Waals surface area contributed by atoms with Gasteiger partial charge in [0.25, 0.3) is 0 Å². The molecule has 11 nitrogen and oxygen atoms in total. The quantitative estimate of drug-likeness (QED) is 0.260. The van der Waals surface area contributed by atoms with Gasteiger partial charge in [0.05, 0.1) is 42.2 Å². The van der Waals surface area contributed by atoms with Crippen LogP contribution in [0.15, 0.2) is 43.1 Å². The molecule has 1 N–H and O–H groups in total. The van der Waals surface area contributed by atoms with Gasteiger partial charge >= 0.3 is 5.97 Å². The first kappa shape index (κ1) is 37.5. The summed E-state index contributed by atoms with van der Waals surface area (Å²) < 4.78 is 40.3. The smallest absolute Gasteiger partial charge is 0.306 e. The molecule has 53 heavy (non-hydrogen) atoms. The number of sulfonamides is 1. The molecule has 0 unspecified atom stereocenters. The SMILES string of the molecule is C=C[C@H]1C[C@]1(CC(=O)[C@@H]1C[C@@H]2CN1C(=O)[C@H](C1CCCCC1)CC(=O)OCC(C)(C)CCCc1ccc3ccnc(c3c1)O2)C(=O)NS(=O)(=O)C1CC1. The van der Waals surface area contributed by atoms with E-state index < -0.39 is 50.6 Å². The van der Waals surface area contributed by atoms with Crippen molar-refractivity contribution in [1.82, 2.24) is 14.6 Å². The van der Waals surface area contributed by atoms with E-state index in [0.29, 0.717) is 25.1 Å². The predicted molar refractivity (Wildman–Crippen MR) is 199 cm³/mol. The van der Waals surface area contributed by atoms with Crippen molar-refractivity contribution in [3.63, 3.8) is 0 Å². The molecule has 2 aliphatic heterocycles. The van der Waals surface area contributed by atoms with Crippen LogP contribution >= 0.6 is 0 Å². The topological polar surface area (TPSA) is 149 Å². The molecule has 0 radical (unpaired) electrons. The summed E-state index contributed by atoms with van der Waals surface area (Å²) in [4.78, 5) is 62.6. The van der Waals surface area contributed by atoms with Crippen molar-refractivity contribution in [2.75, 3.05) is 13.2 Å². The minimum atomic E-state index is -3.83. The van der Waals surface area contributed by atoms with E-state index >= 15 is 0 Å². The Morgan fingerprint density at radius 2 is 1.85 bits per heavy atom. The molecule has 3 saturated carbocycles. The Morgan fingerprint density at radius 1 is 1.08 bits per heavy atom. The van der Waals surface area contributed by atoms with Crippen LogP contribution < -0.4 is 9.46 Å². The third kappa shape index (κ3) is 8.17. The number of aromatic nitrogens is 1. The number of hydrogen-bond acceptors (Lipinski definition) is 9. The van der Waals surface area contributed by atoms with Crippen molar-refractivity contribution < 1.29 is 37.1 Å². The number of ketones is 1. The number of Topliss-reactive ketones (excluding diaryl/α,β-unsaturated/α-hetero) is 1. The third-order valence-electron chi connectivity index (χ3n) is 12.4. The minimum Gasteiger partial charge on any atom is -0.472 e. The first-order valence-corrected chi connectivity index (χ1v) is 21.0. The summed E-state index contributed by atoms with van der Waals surface area (Å²) in [5.74, 6) is -2.36. The molecule has 4 bridgehead atoms. The number of benzene rings is 1. The highest BCUT2D eigenvalue weighted by Crippen LogP contribution is 2.57. The second kappa shape index (κ2) is 14.8. The van der Waals surface area contributed by atoms with Crippen LogP contribution in [0.25, 0.3) is 10.8 Å². The van der Waals surface area contributed by atoms with Crippen LogP contribution in [-0.4, -0.2) is 72.4 Å². The molecule has 3 heterocycles. The van der Waals surface area contributed by atoms with Crippen molar-refractivity contribution in [1.29, 1.82) is 0 Å². The minimum absolute atomic E-state index is 0.0328. The van der Waals surface area contributed by atoms with Gasteiger partial charge < -0.3 is 14.4 Å². The Balaban J connectivity index is 1.22. The van der Waals surface area contributed by atoms with Gasteiger partial charge in [-0.3, -0.25) is 23.9 Å². The highest BCUT2D eigenvalue weighted by Gasteiger charge is 2.61. The van der Waals surface area contributed by atoms with E-state index in [1.165, 1.54) is 0 Å². The molecule has 12 heteroatoms. The predicted octanol–water partition coefficient (Wildman–Crippen LogP) is 5.84. The monoisotopic (exact) mass is 747 g/mol. The van der Waals surface area contributed by atoms with Crippen molar-refractivity contribution in [3.05, 3.63) is 48.7 Å². The van der Waals surface area contributed by atoms with Gasteiger partial charge in [0.2, 0.25) is 27.7 Å². The van der Waals surface area contributed by atoms with Crippen LogP contribution in [-0.2, 0) is 40.4 Å². The van der Waals surface area contributed by atoms with E-state index in [1.54, 1.807) is 17.2 Å². The molecule has 5 aliphatic rings. The normalized spacial score (nSPS) is 29.8. The van der Waals surface area contributed by atoms with Crippen LogP contribution in [0.5, 0.6) is 5.88 Å². The number of fused-ring (bicyclic) bond motifs is 3. The lowest BCUT2D eigenvalue weighted by molar-refractivity contribution is -0.154. The number of allylic oxidation sites excluding steroid dienone is 1. The van der Waals surface area contributed by atoms with Gasteiger partial charge in [-0.25, -0.2) is 13.4 Å². The number of carbonyl (C=O) groups is 4. The lowest BCUT2D eigenvalue weighted by atomic mass is 9.77. The van der Waals surface area contributed by atoms with Crippen LogP contribution in [0.2, 0.25) is 0 Å². The van der Waals surface area contributed by atoms with E-state index in [9.17, 15) is 27.6 Å². The maximum Gasteiger partial charge on any atom is 0.306 e. The molecule has 2 amide bonds. The standard InChI is InChI=1S/C41H53N3O8S/c1-4-29-22-41(29,39(48)43-53(49,50)31-14-15-31)23-35(45)34-20-30-24-44(34)38(47)33(27-10-6-5-7-11-27)21-36(46)51-25-40(2,3)17-8-9-26-12-13-28-16-18-42-37(52-30)32(28)19-26/h4,12-13,16,18-19,27,29-31,33-34H,1,5-11,14-15,17,20-25H2,2-3H3,(H,43,48)/t29-,30+,33-,34-,41+/m0/s1. The molecule has 1 saturated heterocycles. The molecule has 1 aromatic heterocycles. The number of rotatable bonds is 8. The molecule has 0 spiro atoms. The van der Waals surface area contributed by atoms with Crippen molar-refractivity contribution >= 4 is 44.4 Å². The summed E-state index contributed by atoms with van der Waals surface area (Å²) in [6.07, 6.45) is 11.1. The zero-order valence-corrected chi connectivity index (χ0v) is 31.8. The number of esters is 1. The van der Waals surface area contributed by atoms with Crippen LogP contribution in [0.3, 0.4) is 0 Å². The number of hydrogen-bond donors (Lipinski definition) is 1. The lowest BCUT2D eigenvalue weighted by Gasteiger charge is -2.34. The van der Waals surface area contributed by atoms with Crippen molar-refractivity contribution in [2.24, 2.45) is 28.6 Å². The number of carbonyl (C=O) groups excluding carboxylic acids is 4. The van der Waals surface area contributed by atoms with E-state index in [0.717, 1.165) is 67.7 Å². The second-order valence-corrected chi connectivity index (χ2v) is 19.0. The van der Waals surface area contributed by atoms with Gasteiger partial charge in [-0.05, 0) is 91.7 Å². The van der Waals surface area contributed by atoms with Crippen LogP contribution in [0.1, 0.15) is 103 Å². The molecule has 5 atom stereocenters. The van der Waals surface area contributed by atoms with E-state index in [-0.39, 0.29) is 61.4 Å². The van der Waals surface area contributed by atoms with Gasteiger partial charge in [0.1, 0.15) is 6.10 Å². The third-order valence-corrected chi connectivity index (χ3v) is 14.2. The van der Waals surface area contributed by atoms with Gasteiger partial charge in [-0.15, -0.1) is 6.58 Å². The number of pyridine rings is 1. The first-order valence-electron chi connectivity index (χ1n) is 19.5. The fourth-order valence-corrected chi connectivity index (χ4v) is 10.3. The Kier molecular flexibility index (Phi) is 10.5. The number of aryl methyl sites for hydroxylation is 1. The number of ether oxygens (including phenoxy) is 2. The Hall–Kier alpha value is -3.80. The Bertz CT molecular complexity index is 1880. The average molecular weight is 748 g/mol. The number of cyclic esters (lactones) is 1. The van der Waals surface area contributed by atoms with Gasteiger partial charge in [-0.2, -0.15) is 0 Å². The van der Waals surface area contributed by atoms with E-state index in [2.05, 4.69) is 48.3 Å². The average Bonchev–Trinajstić information content (AvgIpc) is 4.06. The fourth-order valence-electron chi connectivity index (χ4n) is 8.90. The molecule has 286 valence electrons. The second-order valence-electron chi connectivity index (χ2n) is 17.1. The summed E-state index contributed by atoms with van der Waals surface area (Å²) in [6.45, 7) is 8.38. The van der Waals surface area contributed by atoms with E-state index in [4.69, 9.17) is 9.47 Å². The molecule has 2 aromatic rings. The fraction of sp³-hybridized carbons (Fsp3) is 0.634. The number of nitrogens with one attached hydrogen (secondary N) is 1. The summed E-state index contributed by atoms with van der Waals surface area (Å²) in [7, 11) is -3.83. The lowest BCUT2D eigenvalue weighted by Crippen LogP contribution is -2.48. The zero-order valence-electron chi connectivity index (χ0n) is 31.0. The van der Waals surface area contributed by atoms with Crippen molar-refractivity contribution in [2.45, 2.75) is 121 Å². The van der Waals surface area contributed by atoms with Crippen LogP contribution in [0.4, 0.5) is 0 Å². The summed E-state index contributed by atoms with van der Waals surface area (Å²) >= 11 is 0. The Labute approximate surface area is 312 Å². The zero-order chi connectivity index (χ0) is 37.5. The summed E-state index contributed by atoms with van der Waals surface area (Å²) in [5, 5.41) is 1.23. The molecule has 7 rings (SSSR count). The summed E-state index contributed by atoms with van der Waals surface area (Å²) in [6, 6.07) is 7.24. The maximum atomic E-state index is 14.8. The molecule has 1 aromatic carbocycles. The van der Waals surface area contributed by atoms with E-state index in [1.807, 2.05) is 6.07 Å².